The molecule has 0 aliphatic rings. The topological polar surface area (TPSA) is 139 Å². The summed E-state index contributed by atoms with van der Waals surface area (Å²) in [5, 5.41) is 9.04. The minimum atomic E-state index is -4.29. The van der Waals surface area contributed by atoms with E-state index in [1.165, 1.54) is 12.1 Å². The van der Waals surface area contributed by atoms with Gasteiger partial charge in [0.15, 0.2) is 0 Å². The number of nitrogens with zero attached hydrogens (tertiary/aromatic N) is 1. The maximum absolute atomic E-state index is 11.8. The third kappa shape index (κ3) is 3.29. The number of carbonyl (C=O) groups excluding carboxylic acids is 1. The number of hydrogen-bond donors (Lipinski definition) is 3. The summed E-state index contributed by atoms with van der Waals surface area (Å²) < 4.78 is 30.1. The van der Waals surface area contributed by atoms with Crippen molar-refractivity contribution < 1.29 is 27.9 Å². The summed E-state index contributed by atoms with van der Waals surface area (Å²) in [4.78, 5) is 22.1. The highest BCUT2D eigenvalue weighted by Gasteiger charge is 2.25. The number of carboxylic acids is 1. The van der Waals surface area contributed by atoms with Crippen molar-refractivity contribution in [1.82, 2.24) is 4.72 Å². The van der Waals surface area contributed by atoms with Gasteiger partial charge in [-0.3, -0.25) is 4.31 Å². The van der Waals surface area contributed by atoms with Crippen LogP contribution in [0.15, 0.2) is 18.2 Å². The predicted molar refractivity (Wildman–Crippen MR) is 70.7 cm³/mol. The smallest absolute Gasteiger partial charge is 0.422 e. The molecule has 0 heterocycles. The Labute approximate surface area is 115 Å². The van der Waals surface area contributed by atoms with Crippen LogP contribution >= 0.6 is 0 Å². The van der Waals surface area contributed by atoms with Crippen molar-refractivity contribution in [3.63, 3.8) is 0 Å². The number of ether oxygens (including phenoxy) is 1. The Morgan fingerprint density at radius 1 is 1.40 bits per heavy atom. The Hall–Kier alpha value is -2.49. The molecule has 0 unspecified atom stereocenters. The predicted octanol–water partition coefficient (Wildman–Crippen LogP) is 0.00400. The van der Waals surface area contributed by atoms with Crippen LogP contribution in [-0.4, -0.2) is 39.7 Å². The van der Waals surface area contributed by atoms with E-state index >= 15 is 0 Å². The zero-order chi connectivity index (χ0) is 15.5. The van der Waals surface area contributed by atoms with Crippen molar-refractivity contribution in [3.8, 4) is 0 Å². The van der Waals surface area contributed by atoms with Gasteiger partial charge in [0.05, 0.1) is 18.4 Å². The molecule has 0 fully saturated rings. The fourth-order valence-electron chi connectivity index (χ4n) is 1.34. The summed E-state index contributed by atoms with van der Waals surface area (Å²) in [6.07, 6.45) is -1.19. The molecule has 1 aromatic carbocycles. The number of nitrogen functional groups attached to an aromatic ring is 1. The lowest BCUT2D eigenvalue weighted by Crippen LogP contribution is -2.42. The first-order valence-corrected chi connectivity index (χ1v) is 6.60. The molecule has 1 aromatic rings. The SMILES string of the molecule is COC(=O)NS(=O)(=O)N(C)c1ccc(N)cc1C(=O)O. The van der Waals surface area contributed by atoms with Crippen LogP contribution in [0.3, 0.4) is 0 Å². The van der Waals surface area contributed by atoms with Gasteiger partial charge in [0, 0.05) is 12.7 Å². The van der Waals surface area contributed by atoms with Crippen molar-refractivity contribution in [2.75, 3.05) is 24.2 Å². The molecule has 9 nitrogen and oxygen atoms in total. The van der Waals surface area contributed by atoms with E-state index in [1.54, 1.807) is 4.72 Å². The molecule has 110 valence electrons. The van der Waals surface area contributed by atoms with Crippen LogP contribution in [0.1, 0.15) is 10.4 Å². The van der Waals surface area contributed by atoms with Gasteiger partial charge >= 0.3 is 22.3 Å². The number of rotatable bonds is 4. The molecule has 0 saturated carbocycles. The second-order valence-corrected chi connectivity index (χ2v) is 5.35. The summed E-state index contributed by atoms with van der Waals surface area (Å²) >= 11 is 0. The molecule has 4 N–H and O–H groups in total. The molecule has 1 rings (SSSR count). The number of nitrogens with one attached hydrogen (secondary N) is 1. The van der Waals surface area contributed by atoms with E-state index < -0.39 is 22.3 Å². The van der Waals surface area contributed by atoms with Gasteiger partial charge in [0.1, 0.15) is 0 Å². The van der Waals surface area contributed by atoms with Gasteiger partial charge in [0.25, 0.3) is 0 Å². The van der Waals surface area contributed by atoms with Crippen molar-refractivity contribution in [2.45, 2.75) is 0 Å². The molecule has 0 radical (unpaired) electrons. The minimum absolute atomic E-state index is 0.150. The van der Waals surface area contributed by atoms with Gasteiger partial charge in [0.2, 0.25) is 0 Å². The van der Waals surface area contributed by atoms with Gasteiger partial charge in [-0.1, -0.05) is 0 Å². The van der Waals surface area contributed by atoms with Crippen LogP contribution in [-0.2, 0) is 14.9 Å². The maximum atomic E-state index is 11.8. The van der Waals surface area contributed by atoms with Crippen LogP contribution in [0.5, 0.6) is 0 Å². The minimum Gasteiger partial charge on any atom is -0.478 e. The molecule has 0 aliphatic carbocycles. The molecule has 0 bridgehead atoms. The fraction of sp³-hybridized carbons (Fsp3) is 0.200. The van der Waals surface area contributed by atoms with E-state index in [4.69, 9.17) is 10.8 Å². The first-order chi connectivity index (χ1) is 9.19. The molecule has 20 heavy (non-hydrogen) atoms. The summed E-state index contributed by atoms with van der Waals surface area (Å²) in [6.45, 7) is 0. The van der Waals surface area contributed by atoms with E-state index in [0.717, 1.165) is 20.2 Å². The molecular formula is C10H13N3O6S. The van der Waals surface area contributed by atoms with Crippen molar-refractivity contribution in [1.29, 1.82) is 0 Å². The molecule has 10 heteroatoms. The van der Waals surface area contributed by atoms with Crippen LogP contribution in [0.4, 0.5) is 16.2 Å². The first-order valence-electron chi connectivity index (χ1n) is 5.16. The lowest BCUT2D eigenvalue weighted by Gasteiger charge is -2.21. The number of carbonyl (C=O) groups is 2. The third-order valence-electron chi connectivity index (χ3n) is 2.35. The highest BCUT2D eigenvalue weighted by Crippen LogP contribution is 2.24. The molecule has 0 aromatic heterocycles. The summed E-state index contributed by atoms with van der Waals surface area (Å²) in [7, 11) is -2.21. The number of carboxylic acid groups (broad SMARTS) is 1. The number of nitrogens with two attached hydrogens (primary N) is 1. The number of anilines is 2. The van der Waals surface area contributed by atoms with Crippen LogP contribution < -0.4 is 14.8 Å². The Morgan fingerprint density at radius 2 is 2.00 bits per heavy atom. The van der Waals surface area contributed by atoms with Gasteiger partial charge in [-0.25, -0.2) is 14.3 Å². The van der Waals surface area contributed by atoms with Crippen LogP contribution in [0, 0.1) is 0 Å². The number of aromatic carboxylic acids is 1. The standard InChI is InChI=1S/C10H13N3O6S/c1-13(20(17,18)12-10(16)19-2)8-4-3-6(11)5-7(8)9(14)15/h3-5H,11H2,1-2H3,(H,12,16)(H,14,15). The Balaban J connectivity index is 3.24. The average Bonchev–Trinajstić information content (AvgIpc) is 2.37. The van der Waals surface area contributed by atoms with E-state index in [1.807, 2.05) is 0 Å². The molecule has 0 atom stereocenters. The number of amides is 1. The summed E-state index contributed by atoms with van der Waals surface area (Å²) in [5.41, 5.74) is 5.15. The van der Waals surface area contributed by atoms with Gasteiger partial charge in [-0.2, -0.15) is 8.42 Å². The molecular weight excluding hydrogens is 290 g/mol. The zero-order valence-corrected chi connectivity index (χ0v) is 11.5. The zero-order valence-electron chi connectivity index (χ0n) is 10.7. The lowest BCUT2D eigenvalue weighted by molar-refractivity contribution is 0.0698. The van der Waals surface area contributed by atoms with E-state index in [-0.39, 0.29) is 16.9 Å². The number of methoxy groups -OCH3 is 1. The van der Waals surface area contributed by atoms with E-state index in [9.17, 15) is 18.0 Å². The number of benzene rings is 1. The quantitative estimate of drug-likeness (QED) is 0.665. The average molecular weight is 303 g/mol. The molecule has 0 aliphatic heterocycles. The highest BCUT2D eigenvalue weighted by atomic mass is 32.2. The lowest BCUT2D eigenvalue weighted by atomic mass is 10.1. The summed E-state index contributed by atoms with van der Waals surface area (Å²) in [6, 6.07) is 3.67. The van der Waals surface area contributed by atoms with Gasteiger partial charge in [-0.15, -0.1) is 0 Å². The highest BCUT2D eigenvalue weighted by molar-refractivity contribution is 7.91. The van der Waals surface area contributed by atoms with Gasteiger partial charge < -0.3 is 15.6 Å². The van der Waals surface area contributed by atoms with Gasteiger partial charge in [-0.05, 0) is 18.2 Å². The van der Waals surface area contributed by atoms with Crippen molar-refractivity contribution >= 4 is 33.6 Å². The second kappa shape index (κ2) is 5.65. The molecule has 0 spiro atoms. The summed E-state index contributed by atoms with van der Waals surface area (Å²) in [5.74, 6) is -1.35. The Kier molecular flexibility index (Phi) is 4.40. The Morgan fingerprint density at radius 3 is 2.50 bits per heavy atom. The van der Waals surface area contributed by atoms with E-state index in [2.05, 4.69) is 4.74 Å². The second-order valence-electron chi connectivity index (χ2n) is 3.65. The third-order valence-corrected chi connectivity index (χ3v) is 3.69. The van der Waals surface area contributed by atoms with Crippen LogP contribution in [0.2, 0.25) is 0 Å². The number of hydrogen-bond acceptors (Lipinski definition) is 6. The fourth-order valence-corrected chi connectivity index (χ4v) is 2.19. The normalized spacial score (nSPS) is 10.7. The molecule has 1 amide bonds. The largest absolute Gasteiger partial charge is 0.478 e. The Bertz CT molecular complexity index is 642. The molecule has 0 saturated heterocycles. The van der Waals surface area contributed by atoms with Crippen molar-refractivity contribution in [2.24, 2.45) is 0 Å². The monoisotopic (exact) mass is 303 g/mol. The van der Waals surface area contributed by atoms with E-state index in [0.29, 0.717) is 4.31 Å². The first kappa shape index (κ1) is 15.6. The van der Waals surface area contributed by atoms with Crippen LogP contribution in [0.25, 0.3) is 0 Å². The maximum Gasteiger partial charge on any atom is 0.422 e. The van der Waals surface area contributed by atoms with Crippen molar-refractivity contribution in [3.05, 3.63) is 23.8 Å².